The molecule has 126 valence electrons. The molecule has 0 spiro atoms. The lowest BCUT2D eigenvalue weighted by molar-refractivity contribution is -0.873. The molecule has 1 rings (SSSR count). The number of carboxylic acid groups (broad SMARTS) is 1. The van der Waals surface area contributed by atoms with Gasteiger partial charge in [-0.3, -0.25) is 4.55 Å². The first-order chi connectivity index (χ1) is 9.81. The molecule has 0 fully saturated rings. The second-order valence-corrected chi connectivity index (χ2v) is 7.41. The summed E-state index contributed by atoms with van der Waals surface area (Å²) in [6.07, 6.45) is -1.09. The van der Waals surface area contributed by atoms with Crippen LogP contribution >= 0.6 is 0 Å². The molecule has 0 radical (unpaired) electrons. The van der Waals surface area contributed by atoms with E-state index >= 15 is 0 Å². The van der Waals surface area contributed by atoms with Crippen molar-refractivity contribution in [3.8, 4) is 0 Å². The zero-order valence-electron chi connectivity index (χ0n) is 13.2. The van der Waals surface area contributed by atoms with Crippen LogP contribution < -0.4 is 5.11 Å². The number of aliphatic hydroxyl groups excluding tert-OH is 1. The van der Waals surface area contributed by atoms with Gasteiger partial charge in [0.2, 0.25) is 0 Å². The van der Waals surface area contributed by atoms with Gasteiger partial charge in [0.15, 0.2) is 0 Å². The van der Waals surface area contributed by atoms with Crippen LogP contribution in [0, 0.1) is 6.92 Å². The number of carbonyl (C=O) groups is 1. The summed E-state index contributed by atoms with van der Waals surface area (Å²) in [7, 11) is 1.64. The summed E-state index contributed by atoms with van der Waals surface area (Å²) in [5, 5.41) is 19.1. The van der Waals surface area contributed by atoms with Crippen LogP contribution in [-0.2, 0) is 14.9 Å². The third-order valence-corrected chi connectivity index (χ3v) is 3.35. The lowest BCUT2D eigenvalue weighted by Gasteiger charge is -2.26. The van der Waals surface area contributed by atoms with Crippen LogP contribution in [0.2, 0.25) is 0 Å². The molecule has 0 bridgehead atoms. The van der Waals surface area contributed by atoms with E-state index in [1.54, 1.807) is 12.1 Å². The van der Waals surface area contributed by atoms with Crippen LogP contribution in [0.1, 0.15) is 12.0 Å². The number of quaternary nitrogens is 1. The van der Waals surface area contributed by atoms with Gasteiger partial charge in [0.05, 0.1) is 26.0 Å². The Bertz CT molecular complexity index is 574. The highest BCUT2D eigenvalue weighted by Gasteiger charge is 2.14. The zero-order chi connectivity index (χ0) is 17.6. The Morgan fingerprint density at radius 1 is 1.23 bits per heavy atom. The van der Waals surface area contributed by atoms with Crippen molar-refractivity contribution in [2.24, 2.45) is 0 Å². The van der Waals surface area contributed by atoms with Crippen molar-refractivity contribution in [2.75, 3.05) is 27.7 Å². The monoisotopic (exact) mass is 333 g/mol. The quantitative estimate of drug-likeness (QED) is 0.551. The molecule has 0 aliphatic heterocycles. The Balaban J connectivity index is 0.000000401. The number of hydrogen-bond donors (Lipinski definition) is 2. The normalized spacial score (nSPS) is 13.0. The molecule has 0 aromatic heterocycles. The van der Waals surface area contributed by atoms with Crippen LogP contribution in [-0.4, -0.2) is 62.3 Å². The molecule has 0 heterocycles. The van der Waals surface area contributed by atoms with E-state index in [9.17, 15) is 18.3 Å². The number of nitrogens with zero attached hydrogens (tertiary/aromatic N) is 1. The Morgan fingerprint density at radius 2 is 1.68 bits per heavy atom. The molecule has 0 saturated carbocycles. The third-order valence-electron chi connectivity index (χ3n) is 2.48. The second-order valence-electron chi connectivity index (χ2n) is 5.99. The number of hydrogen-bond acceptors (Lipinski definition) is 5. The number of carbonyl (C=O) groups excluding carboxylic acids is 1. The molecule has 1 unspecified atom stereocenters. The van der Waals surface area contributed by atoms with Gasteiger partial charge in [0.1, 0.15) is 12.6 Å². The number of aliphatic hydroxyl groups is 1. The van der Waals surface area contributed by atoms with E-state index in [2.05, 4.69) is 0 Å². The summed E-state index contributed by atoms with van der Waals surface area (Å²) in [6, 6.07) is 5.99. The second kappa shape index (κ2) is 8.23. The Labute approximate surface area is 131 Å². The smallest absolute Gasteiger partial charge is 0.294 e. The van der Waals surface area contributed by atoms with Crippen molar-refractivity contribution >= 4 is 16.1 Å². The Hall–Kier alpha value is -1.48. The van der Waals surface area contributed by atoms with E-state index in [1.807, 2.05) is 28.1 Å². The summed E-state index contributed by atoms with van der Waals surface area (Å²) in [5.41, 5.74) is 0.956. The van der Waals surface area contributed by atoms with Crippen molar-refractivity contribution in [3.05, 3.63) is 29.8 Å². The van der Waals surface area contributed by atoms with Gasteiger partial charge in [0.25, 0.3) is 10.1 Å². The van der Waals surface area contributed by atoms with Gasteiger partial charge >= 0.3 is 0 Å². The number of likely N-dealkylation sites (N-methyl/N-ethyl adjacent to an activating group) is 1. The number of benzene rings is 1. The van der Waals surface area contributed by atoms with Gasteiger partial charge in [-0.15, -0.1) is 0 Å². The lowest BCUT2D eigenvalue weighted by Crippen LogP contribution is -2.43. The number of rotatable bonds is 5. The van der Waals surface area contributed by atoms with E-state index in [-0.39, 0.29) is 11.3 Å². The van der Waals surface area contributed by atoms with Crippen molar-refractivity contribution in [1.29, 1.82) is 0 Å². The average molecular weight is 333 g/mol. The van der Waals surface area contributed by atoms with Crippen LogP contribution in [0.25, 0.3) is 0 Å². The predicted octanol–water partition coefficient (Wildman–Crippen LogP) is -0.565. The first kappa shape index (κ1) is 20.5. The van der Waals surface area contributed by atoms with Crippen LogP contribution in [0.5, 0.6) is 0 Å². The average Bonchev–Trinajstić information content (AvgIpc) is 2.24. The Kier molecular flexibility index (Phi) is 7.68. The highest BCUT2D eigenvalue weighted by Crippen LogP contribution is 2.08. The highest BCUT2D eigenvalue weighted by atomic mass is 32.2. The van der Waals surface area contributed by atoms with Crippen LogP contribution in [0.4, 0.5) is 0 Å². The molecule has 1 aromatic carbocycles. The maximum atomic E-state index is 10.5. The number of carboxylic acids is 1. The highest BCUT2D eigenvalue weighted by molar-refractivity contribution is 7.85. The zero-order valence-corrected chi connectivity index (χ0v) is 14.0. The summed E-state index contributed by atoms with van der Waals surface area (Å²) < 4.78 is 30.1. The maximum absolute atomic E-state index is 10.5. The van der Waals surface area contributed by atoms with Gasteiger partial charge < -0.3 is 19.5 Å². The van der Waals surface area contributed by atoms with Gasteiger partial charge in [-0.05, 0) is 19.1 Å². The first-order valence-corrected chi connectivity index (χ1v) is 7.98. The van der Waals surface area contributed by atoms with E-state index in [0.717, 1.165) is 5.56 Å². The minimum atomic E-state index is -4.02. The fraction of sp³-hybridized carbons (Fsp3) is 0.500. The molecular weight excluding hydrogens is 310 g/mol. The maximum Gasteiger partial charge on any atom is 0.294 e. The molecule has 0 saturated heterocycles. The summed E-state index contributed by atoms with van der Waals surface area (Å²) >= 11 is 0. The molecule has 7 nitrogen and oxygen atoms in total. The molecule has 0 aliphatic carbocycles. The van der Waals surface area contributed by atoms with Gasteiger partial charge in [-0.1, -0.05) is 17.7 Å². The van der Waals surface area contributed by atoms with Crippen molar-refractivity contribution in [3.63, 3.8) is 0 Å². The van der Waals surface area contributed by atoms with Gasteiger partial charge in [0, 0.05) is 12.4 Å². The standard InChI is InChI=1S/C7H15NO3.C7H8O3S/c1-8(2,3)5-6(9)4-7(10)11;1-6-2-4-7(5-3-6)11(8,9)10/h6,9H,4-5H2,1-3H3;2-5H,1H3,(H,8,9,10). The van der Waals surface area contributed by atoms with E-state index in [0.29, 0.717) is 11.0 Å². The fourth-order valence-corrected chi connectivity index (χ4v) is 2.08. The number of aryl methyl sites for hydroxylation is 1. The van der Waals surface area contributed by atoms with Crippen molar-refractivity contribution in [2.45, 2.75) is 24.3 Å². The molecule has 0 amide bonds. The summed E-state index contributed by atoms with van der Waals surface area (Å²) in [5.74, 6) is -1.20. The van der Waals surface area contributed by atoms with E-state index in [1.165, 1.54) is 12.1 Å². The molecule has 2 N–H and O–H groups in total. The fourth-order valence-electron chi connectivity index (χ4n) is 1.60. The lowest BCUT2D eigenvalue weighted by atomic mass is 10.2. The predicted molar refractivity (Wildman–Crippen MR) is 79.5 cm³/mol. The van der Waals surface area contributed by atoms with E-state index in [4.69, 9.17) is 9.66 Å². The largest absolute Gasteiger partial charge is 0.550 e. The van der Waals surface area contributed by atoms with Crippen molar-refractivity contribution < 1.29 is 32.5 Å². The number of aliphatic carboxylic acids is 1. The topological polar surface area (TPSA) is 115 Å². The molecule has 22 heavy (non-hydrogen) atoms. The van der Waals surface area contributed by atoms with Crippen LogP contribution in [0.3, 0.4) is 0 Å². The summed E-state index contributed by atoms with van der Waals surface area (Å²) in [6.45, 7) is 2.27. The first-order valence-electron chi connectivity index (χ1n) is 6.54. The minimum Gasteiger partial charge on any atom is -0.550 e. The van der Waals surface area contributed by atoms with Crippen molar-refractivity contribution in [1.82, 2.24) is 0 Å². The summed E-state index contributed by atoms with van der Waals surface area (Å²) in [4.78, 5) is 9.95. The third kappa shape index (κ3) is 10.3. The molecular formula is C14H23NO6S. The molecule has 8 heteroatoms. The molecule has 0 aliphatic rings. The van der Waals surface area contributed by atoms with E-state index < -0.39 is 22.2 Å². The SMILES string of the molecule is C[N+](C)(C)CC(O)CC(=O)[O-].Cc1ccc(S(=O)(=O)O)cc1. The Morgan fingerprint density at radius 3 is 2.00 bits per heavy atom. The minimum absolute atomic E-state index is 0.0666. The molecule has 1 atom stereocenters. The van der Waals surface area contributed by atoms with Gasteiger partial charge in [-0.2, -0.15) is 8.42 Å². The van der Waals surface area contributed by atoms with Gasteiger partial charge in [-0.25, -0.2) is 0 Å². The van der Waals surface area contributed by atoms with Crippen LogP contribution in [0.15, 0.2) is 29.2 Å². The molecule has 1 aromatic rings.